The summed E-state index contributed by atoms with van der Waals surface area (Å²) in [4.78, 5) is 69.6. The van der Waals surface area contributed by atoms with Crippen LogP contribution in [0.25, 0.3) is 22.4 Å². The fourth-order valence-electron chi connectivity index (χ4n) is 3.22. The lowest BCUT2D eigenvalue weighted by molar-refractivity contribution is -0.384. The molecule has 0 fully saturated rings. The summed E-state index contributed by atoms with van der Waals surface area (Å²) in [7, 11) is 0. The van der Waals surface area contributed by atoms with E-state index < -0.39 is 58.0 Å². The van der Waals surface area contributed by atoms with E-state index >= 15 is 0 Å². The summed E-state index contributed by atoms with van der Waals surface area (Å²) in [5.41, 5.74) is -3.08. The fraction of sp³-hybridized carbons (Fsp3) is 0.0476. The van der Waals surface area contributed by atoms with Crippen molar-refractivity contribution in [2.75, 3.05) is 5.32 Å². The van der Waals surface area contributed by atoms with Gasteiger partial charge in [0.15, 0.2) is 0 Å². The number of nitro benzene ring substituents is 1. The van der Waals surface area contributed by atoms with Crippen molar-refractivity contribution < 1.29 is 38.6 Å². The number of aromatic nitrogens is 4. The van der Waals surface area contributed by atoms with E-state index in [1.165, 1.54) is 6.20 Å². The number of anilines is 1. The van der Waals surface area contributed by atoms with Gasteiger partial charge in [-0.1, -0.05) is 0 Å². The van der Waals surface area contributed by atoms with Gasteiger partial charge in [-0.25, -0.2) is 28.7 Å². The van der Waals surface area contributed by atoms with E-state index in [9.17, 15) is 33.7 Å². The van der Waals surface area contributed by atoms with Crippen LogP contribution in [0.1, 0.15) is 26.5 Å². The van der Waals surface area contributed by atoms with Crippen molar-refractivity contribution in [1.29, 1.82) is 0 Å². The first-order chi connectivity index (χ1) is 17.5. The maximum atomic E-state index is 13.9. The Morgan fingerprint density at radius 3 is 2.57 bits per heavy atom. The number of aromatic amines is 2. The highest BCUT2D eigenvalue weighted by molar-refractivity contribution is 5.92. The molecule has 16 heteroatoms. The summed E-state index contributed by atoms with van der Waals surface area (Å²) < 4.78 is 18.8. The average molecular weight is 512 g/mol. The van der Waals surface area contributed by atoms with Crippen LogP contribution in [0.4, 0.5) is 20.6 Å². The molecule has 0 saturated carbocycles. The minimum atomic E-state index is -1.59. The van der Waals surface area contributed by atoms with E-state index in [-0.39, 0.29) is 33.7 Å². The van der Waals surface area contributed by atoms with Crippen LogP contribution in [-0.4, -0.2) is 53.1 Å². The number of carboxylic acids is 2. The summed E-state index contributed by atoms with van der Waals surface area (Å²) >= 11 is 0. The van der Waals surface area contributed by atoms with Gasteiger partial charge in [-0.2, -0.15) is 0 Å². The zero-order valence-electron chi connectivity index (χ0n) is 18.1. The first-order valence-electron chi connectivity index (χ1n) is 10.00. The van der Waals surface area contributed by atoms with Crippen molar-refractivity contribution in [3.05, 3.63) is 79.8 Å². The number of hydrogen-bond donors (Lipinski definition) is 5. The average Bonchev–Trinajstić information content (AvgIpc) is 3.31. The smallest absolute Gasteiger partial charge is 0.412 e. The van der Waals surface area contributed by atoms with E-state index in [4.69, 9.17) is 14.9 Å². The largest absolute Gasteiger partial charge is 0.478 e. The third-order valence-corrected chi connectivity index (χ3v) is 4.90. The number of benzene rings is 2. The van der Waals surface area contributed by atoms with Gasteiger partial charge in [-0.05, 0) is 24.3 Å². The fourth-order valence-corrected chi connectivity index (χ4v) is 3.22. The number of aromatic carboxylic acids is 2. The molecule has 0 bridgehead atoms. The number of amides is 1. The van der Waals surface area contributed by atoms with Crippen molar-refractivity contribution in [2.24, 2.45) is 0 Å². The van der Waals surface area contributed by atoms with Crippen LogP contribution in [0.5, 0.6) is 0 Å². The Bertz CT molecular complexity index is 1660. The predicted octanol–water partition coefficient (Wildman–Crippen LogP) is 2.51. The highest BCUT2D eigenvalue weighted by Crippen LogP contribution is 2.31. The Labute approximate surface area is 202 Å². The Kier molecular flexibility index (Phi) is 6.30. The van der Waals surface area contributed by atoms with E-state index in [2.05, 4.69) is 25.3 Å². The molecule has 15 nitrogen and oxygen atoms in total. The standard InChI is InChI=1S/C21H13FN6O9/c22-11-2-1-8(19(30)31)3-12(11)27-21(34)37-7-9-6-23-17(24-9)10-4-13-14(5-15(10)28(35)36)26-18(29)16(25-13)20(32)33/h1-6H,7H2,(H,23,24)(H,26,29)(H,27,34)(H,30,31)(H,32,33). The number of nitrogens with zero attached hydrogens (tertiary/aromatic N) is 3. The molecule has 1 amide bonds. The number of fused-ring (bicyclic) bond motifs is 1. The lowest BCUT2D eigenvalue weighted by Gasteiger charge is -2.08. The highest BCUT2D eigenvalue weighted by Gasteiger charge is 2.22. The second-order valence-corrected chi connectivity index (χ2v) is 7.32. The molecule has 2 aromatic carbocycles. The number of nitrogens with one attached hydrogen (secondary N) is 3. The molecule has 0 atom stereocenters. The number of H-pyrrole nitrogens is 2. The number of carbonyl (C=O) groups is 3. The van der Waals surface area contributed by atoms with Crippen LogP contribution < -0.4 is 10.9 Å². The molecule has 188 valence electrons. The van der Waals surface area contributed by atoms with Gasteiger partial charge in [-0.3, -0.25) is 20.2 Å². The van der Waals surface area contributed by atoms with Crippen molar-refractivity contribution in [3.63, 3.8) is 0 Å². The van der Waals surface area contributed by atoms with Gasteiger partial charge in [0, 0.05) is 6.07 Å². The summed E-state index contributed by atoms with van der Waals surface area (Å²) in [6, 6.07) is 4.94. The van der Waals surface area contributed by atoms with Gasteiger partial charge in [0.1, 0.15) is 18.2 Å². The second-order valence-electron chi connectivity index (χ2n) is 7.32. The summed E-state index contributed by atoms with van der Waals surface area (Å²) in [6.45, 7) is -0.435. The zero-order valence-corrected chi connectivity index (χ0v) is 18.1. The van der Waals surface area contributed by atoms with Gasteiger partial charge in [0.2, 0.25) is 5.69 Å². The monoisotopic (exact) mass is 512 g/mol. The number of halogens is 1. The van der Waals surface area contributed by atoms with E-state index in [1.807, 2.05) is 0 Å². The molecule has 2 aromatic heterocycles. The SMILES string of the molecule is O=C(Nc1cc(C(=O)O)ccc1F)OCc1cnc(-c2cc3nc(C(=O)O)c(=O)[nH]c3cc2[N+](=O)[O-])[nH]1. The molecule has 0 spiro atoms. The predicted molar refractivity (Wildman–Crippen MR) is 121 cm³/mol. The number of carbonyl (C=O) groups excluding carboxylic acids is 1. The molecule has 5 N–H and O–H groups in total. The molecule has 0 aliphatic rings. The van der Waals surface area contributed by atoms with Crippen molar-refractivity contribution in [2.45, 2.75) is 6.61 Å². The Balaban J connectivity index is 1.56. The normalized spacial score (nSPS) is 10.7. The number of carboxylic acid groups (broad SMARTS) is 2. The molecule has 37 heavy (non-hydrogen) atoms. The number of imidazole rings is 1. The molecule has 4 rings (SSSR count). The molecule has 2 heterocycles. The first kappa shape index (κ1) is 24.5. The highest BCUT2D eigenvalue weighted by atomic mass is 19.1. The van der Waals surface area contributed by atoms with Crippen molar-refractivity contribution >= 4 is 40.4 Å². The number of nitro groups is 1. The maximum absolute atomic E-state index is 13.9. The van der Waals surface area contributed by atoms with Crippen molar-refractivity contribution in [1.82, 2.24) is 19.9 Å². The van der Waals surface area contributed by atoms with Crippen LogP contribution in [0.15, 0.2) is 41.3 Å². The van der Waals surface area contributed by atoms with E-state index in [1.54, 1.807) is 0 Å². The number of ether oxygens (including phenoxy) is 1. The lowest BCUT2D eigenvalue weighted by atomic mass is 10.1. The molecule has 0 aliphatic carbocycles. The van der Waals surface area contributed by atoms with Crippen LogP contribution >= 0.6 is 0 Å². The van der Waals surface area contributed by atoms with Gasteiger partial charge in [0.05, 0.1) is 44.7 Å². The summed E-state index contributed by atoms with van der Waals surface area (Å²) in [6.07, 6.45) is 0.0779. The van der Waals surface area contributed by atoms with Crippen LogP contribution in [-0.2, 0) is 11.3 Å². The van der Waals surface area contributed by atoms with Gasteiger partial charge in [-0.15, -0.1) is 0 Å². The van der Waals surface area contributed by atoms with Crippen LogP contribution in [0.2, 0.25) is 0 Å². The molecular formula is C21H13FN6O9. The van der Waals surface area contributed by atoms with Gasteiger partial charge in [0.25, 0.3) is 11.2 Å². The molecule has 0 radical (unpaired) electrons. The lowest BCUT2D eigenvalue weighted by Crippen LogP contribution is -2.19. The molecule has 0 unspecified atom stereocenters. The van der Waals surface area contributed by atoms with Crippen LogP contribution in [0, 0.1) is 15.9 Å². The Morgan fingerprint density at radius 1 is 1.14 bits per heavy atom. The van der Waals surface area contributed by atoms with Gasteiger partial charge < -0.3 is 24.9 Å². The maximum Gasteiger partial charge on any atom is 0.412 e. The minimum absolute atomic E-state index is 0.0577. The first-order valence-corrected chi connectivity index (χ1v) is 10.00. The quantitative estimate of drug-likeness (QED) is 0.178. The van der Waals surface area contributed by atoms with E-state index in [0.717, 1.165) is 30.3 Å². The summed E-state index contributed by atoms with van der Waals surface area (Å²) in [5, 5.41) is 31.8. The molecule has 4 aromatic rings. The third kappa shape index (κ3) is 5.06. The minimum Gasteiger partial charge on any atom is -0.478 e. The molecular weight excluding hydrogens is 499 g/mol. The van der Waals surface area contributed by atoms with Crippen LogP contribution in [0.3, 0.4) is 0 Å². The zero-order chi connectivity index (χ0) is 26.9. The number of hydrogen-bond acceptors (Lipinski definition) is 9. The second kappa shape index (κ2) is 9.53. The van der Waals surface area contributed by atoms with Gasteiger partial charge >= 0.3 is 18.0 Å². The van der Waals surface area contributed by atoms with E-state index in [0.29, 0.717) is 0 Å². The molecule has 0 saturated heterocycles. The number of rotatable bonds is 7. The molecule has 0 aliphatic heterocycles. The Hall–Kier alpha value is -5.67. The van der Waals surface area contributed by atoms with Crippen molar-refractivity contribution in [3.8, 4) is 11.4 Å². The Morgan fingerprint density at radius 2 is 1.89 bits per heavy atom. The summed E-state index contributed by atoms with van der Waals surface area (Å²) in [5.74, 6) is -3.87. The third-order valence-electron chi connectivity index (χ3n) is 4.90. The topological polar surface area (TPSA) is 230 Å².